The van der Waals surface area contributed by atoms with Crippen LogP contribution in [0.5, 0.6) is 11.6 Å². The SMILES string of the molecule is O=C(O)c1ccc(Oc2ccc(CN3CCC(N4C(=O)N(C5CCCC5)CC4c4cccc(Cl)c4)CC3)cn2)cc1. The molecular weight excluding hydrogens is 540 g/mol. The molecule has 3 fully saturated rings. The molecule has 0 spiro atoms. The number of amides is 2. The number of hydrogen-bond donors (Lipinski definition) is 1. The Labute approximate surface area is 245 Å². The van der Waals surface area contributed by atoms with Crippen molar-refractivity contribution in [2.24, 2.45) is 0 Å². The van der Waals surface area contributed by atoms with E-state index >= 15 is 0 Å². The quantitative estimate of drug-likeness (QED) is 0.326. The Kier molecular flexibility index (Phi) is 8.12. The van der Waals surface area contributed by atoms with Gasteiger partial charge in [0.15, 0.2) is 0 Å². The molecule has 2 aliphatic heterocycles. The number of ether oxygens (including phenoxy) is 1. The van der Waals surface area contributed by atoms with E-state index in [-0.39, 0.29) is 23.7 Å². The van der Waals surface area contributed by atoms with Gasteiger partial charge < -0.3 is 19.6 Å². The van der Waals surface area contributed by atoms with Crippen LogP contribution in [0.3, 0.4) is 0 Å². The molecule has 1 unspecified atom stereocenters. The molecule has 8 nitrogen and oxygen atoms in total. The Hall–Kier alpha value is -3.62. The maximum absolute atomic E-state index is 13.8. The van der Waals surface area contributed by atoms with Gasteiger partial charge in [0.05, 0.1) is 11.6 Å². The molecule has 2 amide bonds. The van der Waals surface area contributed by atoms with Crippen LogP contribution >= 0.6 is 11.6 Å². The van der Waals surface area contributed by atoms with Gasteiger partial charge in [-0.3, -0.25) is 4.90 Å². The van der Waals surface area contributed by atoms with E-state index in [2.05, 4.69) is 25.8 Å². The molecule has 0 radical (unpaired) electrons. The number of carboxylic acids is 1. The normalized spacial score (nSPS) is 20.6. The number of carbonyl (C=O) groups excluding carboxylic acids is 1. The summed E-state index contributed by atoms with van der Waals surface area (Å²) in [5.74, 6) is 0.0281. The van der Waals surface area contributed by atoms with E-state index in [4.69, 9.17) is 21.4 Å². The largest absolute Gasteiger partial charge is 0.478 e. The predicted octanol–water partition coefficient (Wildman–Crippen LogP) is 6.61. The minimum atomic E-state index is -0.970. The molecule has 6 rings (SSSR count). The first-order chi connectivity index (χ1) is 19.9. The van der Waals surface area contributed by atoms with E-state index in [0.29, 0.717) is 22.7 Å². The lowest BCUT2D eigenvalue weighted by atomic mass is 9.99. The van der Waals surface area contributed by atoms with Crippen molar-refractivity contribution >= 4 is 23.6 Å². The minimum Gasteiger partial charge on any atom is -0.478 e. The standard InChI is InChI=1S/C32H35ClN4O4/c33-25-5-3-4-24(18-25)29-21-36(26-6-1-2-7-26)32(40)37(29)27-14-16-35(17-15-27)20-22-8-13-30(34-19-22)41-28-11-9-23(10-12-28)31(38)39/h3-5,8-13,18-19,26-27,29H,1-2,6-7,14-17,20-21H2,(H,38,39). The Morgan fingerprint density at radius 2 is 1.73 bits per heavy atom. The van der Waals surface area contributed by atoms with Gasteiger partial charge in [0.2, 0.25) is 5.88 Å². The van der Waals surface area contributed by atoms with Gasteiger partial charge >= 0.3 is 12.0 Å². The van der Waals surface area contributed by atoms with Crippen molar-refractivity contribution in [1.82, 2.24) is 19.7 Å². The number of nitrogens with zero attached hydrogens (tertiary/aromatic N) is 4. The van der Waals surface area contributed by atoms with Gasteiger partial charge in [0, 0.05) is 55.5 Å². The highest BCUT2D eigenvalue weighted by molar-refractivity contribution is 6.30. The molecule has 214 valence electrons. The third-order valence-electron chi connectivity index (χ3n) is 8.65. The molecule has 41 heavy (non-hydrogen) atoms. The molecule has 2 saturated heterocycles. The topological polar surface area (TPSA) is 86.2 Å². The van der Waals surface area contributed by atoms with Crippen molar-refractivity contribution < 1.29 is 19.4 Å². The first-order valence-electron chi connectivity index (χ1n) is 14.5. The smallest absolute Gasteiger partial charge is 0.335 e. The fraction of sp³-hybridized carbons (Fsp3) is 0.406. The first-order valence-corrected chi connectivity index (χ1v) is 14.9. The lowest BCUT2D eigenvalue weighted by Gasteiger charge is -2.39. The van der Waals surface area contributed by atoms with Gasteiger partial charge in [-0.25, -0.2) is 14.6 Å². The molecule has 9 heteroatoms. The fourth-order valence-corrected chi connectivity index (χ4v) is 6.71. The van der Waals surface area contributed by atoms with Crippen LogP contribution in [0, 0.1) is 0 Å². The maximum atomic E-state index is 13.8. The maximum Gasteiger partial charge on any atom is 0.335 e. The summed E-state index contributed by atoms with van der Waals surface area (Å²) < 4.78 is 5.77. The zero-order valence-electron chi connectivity index (χ0n) is 23.0. The van der Waals surface area contributed by atoms with Crippen LogP contribution in [0.1, 0.15) is 66.1 Å². The van der Waals surface area contributed by atoms with Crippen molar-refractivity contribution in [3.05, 3.63) is 88.6 Å². The summed E-state index contributed by atoms with van der Waals surface area (Å²) in [6.45, 7) is 3.35. The molecular formula is C32H35ClN4O4. The number of urea groups is 1. The van der Waals surface area contributed by atoms with Crippen molar-refractivity contribution in [3.63, 3.8) is 0 Å². The van der Waals surface area contributed by atoms with E-state index < -0.39 is 5.97 Å². The molecule has 1 saturated carbocycles. The van der Waals surface area contributed by atoms with E-state index in [0.717, 1.165) is 63.0 Å². The van der Waals surface area contributed by atoms with Crippen LogP contribution in [0.4, 0.5) is 4.79 Å². The molecule has 3 aliphatic rings. The molecule has 1 atom stereocenters. The third kappa shape index (κ3) is 6.19. The molecule has 0 bridgehead atoms. The van der Waals surface area contributed by atoms with Crippen molar-refractivity contribution in [2.75, 3.05) is 19.6 Å². The van der Waals surface area contributed by atoms with Crippen LogP contribution < -0.4 is 4.74 Å². The second-order valence-corrected chi connectivity index (χ2v) is 11.7. The lowest BCUT2D eigenvalue weighted by Crippen LogP contribution is -2.47. The van der Waals surface area contributed by atoms with Crippen molar-refractivity contribution in [3.8, 4) is 11.6 Å². The molecule has 1 aliphatic carbocycles. The van der Waals surface area contributed by atoms with E-state index in [9.17, 15) is 9.59 Å². The summed E-state index contributed by atoms with van der Waals surface area (Å²) >= 11 is 6.36. The number of rotatable bonds is 8. The van der Waals surface area contributed by atoms with Crippen LogP contribution in [0.2, 0.25) is 5.02 Å². The summed E-state index contributed by atoms with van der Waals surface area (Å²) in [7, 11) is 0. The summed E-state index contributed by atoms with van der Waals surface area (Å²) in [6, 6.07) is 18.9. The van der Waals surface area contributed by atoms with Crippen molar-refractivity contribution in [2.45, 2.75) is 63.2 Å². The second kappa shape index (κ2) is 12.1. The number of pyridine rings is 1. The number of carbonyl (C=O) groups is 2. The van der Waals surface area contributed by atoms with E-state index in [1.165, 1.54) is 25.0 Å². The lowest BCUT2D eigenvalue weighted by molar-refractivity contribution is 0.0696. The number of likely N-dealkylation sites (tertiary alicyclic amines) is 1. The van der Waals surface area contributed by atoms with Gasteiger partial charge in [0.1, 0.15) is 5.75 Å². The zero-order chi connectivity index (χ0) is 28.3. The highest BCUT2D eigenvalue weighted by Crippen LogP contribution is 2.39. The Bertz CT molecular complexity index is 1370. The molecule has 1 aromatic heterocycles. The number of aromatic nitrogens is 1. The Morgan fingerprint density at radius 1 is 0.976 bits per heavy atom. The molecule has 3 aromatic rings. The summed E-state index contributed by atoms with van der Waals surface area (Å²) in [6.07, 6.45) is 8.31. The second-order valence-electron chi connectivity index (χ2n) is 11.3. The van der Waals surface area contributed by atoms with Gasteiger partial charge in [-0.1, -0.05) is 42.6 Å². The van der Waals surface area contributed by atoms with Crippen LogP contribution in [-0.4, -0.2) is 68.5 Å². The van der Waals surface area contributed by atoms with Crippen LogP contribution in [-0.2, 0) is 6.54 Å². The Morgan fingerprint density at radius 3 is 2.39 bits per heavy atom. The fourth-order valence-electron chi connectivity index (χ4n) is 6.51. The summed E-state index contributed by atoms with van der Waals surface area (Å²) in [5, 5.41) is 9.76. The first kappa shape index (κ1) is 27.5. The van der Waals surface area contributed by atoms with Crippen molar-refractivity contribution in [1.29, 1.82) is 0 Å². The van der Waals surface area contributed by atoms with Crippen LogP contribution in [0.25, 0.3) is 0 Å². The van der Waals surface area contributed by atoms with E-state index in [1.807, 2.05) is 36.5 Å². The zero-order valence-corrected chi connectivity index (χ0v) is 23.7. The summed E-state index contributed by atoms with van der Waals surface area (Å²) in [4.78, 5) is 36.0. The monoisotopic (exact) mass is 574 g/mol. The highest BCUT2D eigenvalue weighted by Gasteiger charge is 2.45. The number of benzene rings is 2. The number of piperidine rings is 1. The molecule has 2 aromatic carbocycles. The van der Waals surface area contributed by atoms with E-state index in [1.54, 1.807) is 12.1 Å². The number of halogens is 1. The number of hydrogen-bond acceptors (Lipinski definition) is 5. The average Bonchev–Trinajstić information content (AvgIpc) is 3.63. The van der Waals surface area contributed by atoms with Crippen LogP contribution in [0.15, 0.2) is 66.9 Å². The van der Waals surface area contributed by atoms with Gasteiger partial charge in [-0.2, -0.15) is 0 Å². The third-order valence-corrected chi connectivity index (χ3v) is 8.88. The average molecular weight is 575 g/mol. The summed E-state index contributed by atoms with van der Waals surface area (Å²) in [5.41, 5.74) is 2.43. The van der Waals surface area contributed by atoms with Gasteiger partial charge in [-0.15, -0.1) is 0 Å². The van der Waals surface area contributed by atoms with Gasteiger partial charge in [-0.05, 0) is 73.2 Å². The minimum absolute atomic E-state index is 0.0374. The number of carboxylic acid groups (broad SMARTS) is 1. The Balaban J connectivity index is 1.07. The van der Waals surface area contributed by atoms with Gasteiger partial charge in [0.25, 0.3) is 0 Å². The molecule has 3 heterocycles. The highest BCUT2D eigenvalue weighted by atomic mass is 35.5. The number of aromatic carboxylic acids is 1. The predicted molar refractivity (Wildman–Crippen MR) is 156 cm³/mol. The molecule has 1 N–H and O–H groups in total.